The van der Waals surface area contributed by atoms with E-state index in [1.807, 2.05) is 54.2 Å². The molecule has 134 valence electrons. The normalized spacial score (nSPS) is 16.8. The molecule has 1 saturated heterocycles. The number of aromatic amines is 1. The van der Waals surface area contributed by atoms with E-state index in [2.05, 4.69) is 15.0 Å². The Balaban J connectivity index is 1.45. The van der Waals surface area contributed by atoms with Gasteiger partial charge in [-0.3, -0.25) is 4.79 Å². The molecule has 0 unspecified atom stereocenters. The van der Waals surface area contributed by atoms with Crippen molar-refractivity contribution in [3.05, 3.63) is 48.4 Å². The van der Waals surface area contributed by atoms with E-state index in [0.717, 1.165) is 23.1 Å². The van der Waals surface area contributed by atoms with E-state index < -0.39 is 0 Å². The maximum absolute atomic E-state index is 12.9. The van der Waals surface area contributed by atoms with Gasteiger partial charge in [-0.25, -0.2) is 9.97 Å². The minimum Gasteiger partial charge on any atom is -0.472 e. The van der Waals surface area contributed by atoms with Crippen LogP contribution in [0, 0.1) is 0 Å². The molecule has 4 rings (SSSR count). The van der Waals surface area contributed by atoms with Crippen LogP contribution in [0.1, 0.15) is 16.8 Å². The topological polar surface area (TPSA) is 74.3 Å². The van der Waals surface area contributed by atoms with Gasteiger partial charge in [0.1, 0.15) is 18.2 Å². The molecule has 0 aliphatic carbocycles. The van der Waals surface area contributed by atoms with Crippen molar-refractivity contribution in [3.63, 3.8) is 0 Å². The summed E-state index contributed by atoms with van der Waals surface area (Å²) in [6, 6.07) is 9.65. The molecule has 1 N–H and O–H groups in total. The van der Waals surface area contributed by atoms with Gasteiger partial charge in [0, 0.05) is 50.2 Å². The van der Waals surface area contributed by atoms with Crippen LogP contribution in [-0.4, -0.2) is 59.0 Å². The number of H-pyrrole nitrogens is 1. The molecule has 1 aliphatic heterocycles. The van der Waals surface area contributed by atoms with E-state index in [0.29, 0.717) is 24.5 Å². The van der Waals surface area contributed by atoms with E-state index in [4.69, 9.17) is 4.74 Å². The van der Waals surface area contributed by atoms with Gasteiger partial charge in [0.2, 0.25) is 5.88 Å². The van der Waals surface area contributed by atoms with Crippen molar-refractivity contribution in [1.82, 2.24) is 19.9 Å². The lowest BCUT2D eigenvalue weighted by molar-refractivity contribution is 0.0773. The molecular formula is C19H21N5O2. The van der Waals surface area contributed by atoms with Crippen molar-refractivity contribution >= 4 is 22.6 Å². The van der Waals surface area contributed by atoms with Crippen molar-refractivity contribution in [2.75, 3.05) is 32.1 Å². The Morgan fingerprint density at radius 3 is 3.00 bits per heavy atom. The summed E-state index contributed by atoms with van der Waals surface area (Å²) in [5.74, 6) is 1.36. The third kappa shape index (κ3) is 3.08. The number of hydrogen-bond acceptors (Lipinski definition) is 5. The molecular weight excluding hydrogens is 330 g/mol. The largest absolute Gasteiger partial charge is 0.472 e. The summed E-state index contributed by atoms with van der Waals surface area (Å²) in [6.07, 6.45) is 4.01. The molecule has 1 aromatic carbocycles. The number of carbonyl (C=O) groups excluding carboxylic acids is 1. The maximum atomic E-state index is 12.9. The summed E-state index contributed by atoms with van der Waals surface area (Å²) in [5, 5.41) is 0.952. The van der Waals surface area contributed by atoms with Crippen LogP contribution in [0.3, 0.4) is 0 Å². The number of benzene rings is 1. The fourth-order valence-electron chi connectivity index (χ4n) is 3.24. The number of fused-ring (bicyclic) bond motifs is 1. The minimum absolute atomic E-state index is 0.0326. The SMILES string of the molecule is CN(C)c1cc(O[C@@H]2CCN(C(=O)c3c[nH]c4ccccc34)C2)ncn1. The molecule has 2 aromatic heterocycles. The van der Waals surface area contributed by atoms with Crippen molar-refractivity contribution in [3.8, 4) is 5.88 Å². The smallest absolute Gasteiger partial charge is 0.256 e. The van der Waals surface area contributed by atoms with Crippen LogP contribution < -0.4 is 9.64 Å². The fraction of sp³-hybridized carbons (Fsp3) is 0.316. The van der Waals surface area contributed by atoms with Gasteiger partial charge in [-0.15, -0.1) is 0 Å². The molecule has 3 aromatic rings. The first-order valence-corrected chi connectivity index (χ1v) is 8.63. The van der Waals surface area contributed by atoms with Gasteiger partial charge in [0.25, 0.3) is 5.91 Å². The molecule has 1 aliphatic rings. The van der Waals surface area contributed by atoms with Crippen LogP contribution in [0.4, 0.5) is 5.82 Å². The predicted molar refractivity (Wildman–Crippen MR) is 99.6 cm³/mol. The third-order valence-electron chi connectivity index (χ3n) is 4.63. The number of carbonyl (C=O) groups is 1. The maximum Gasteiger partial charge on any atom is 0.256 e. The van der Waals surface area contributed by atoms with Gasteiger partial charge < -0.3 is 19.5 Å². The Bertz CT molecular complexity index is 936. The highest BCUT2D eigenvalue weighted by atomic mass is 16.5. The van der Waals surface area contributed by atoms with Gasteiger partial charge >= 0.3 is 0 Å². The first kappa shape index (κ1) is 16.4. The average Bonchev–Trinajstić information content (AvgIpc) is 3.28. The average molecular weight is 351 g/mol. The highest BCUT2D eigenvalue weighted by Crippen LogP contribution is 2.23. The number of likely N-dealkylation sites (tertiary alicyclic amines) is 1. The number of hydrogen-bond donors (Lipinski definition) is 1. The van der Waals surface area contributed by atoms with Gasteiger partial charge in [0.05, 0.1) is 12.1 Å². The lowest BCUT2D eigenvalue weighted by atomic mass is 10.1. The number of nitrogens with one attached hydrogen (secondary N) is 1. The number of nitrogens with zero attached hydrogens (tertiary/aromatic N) is 4. The standard InChI is InChI=1S/C19H21N5O2/c1-23(2)17-9-18(22-12-21-17)26-13-7-8-24(11-13)19(25)15-10-20-16-6-4-3-5-14(15)16/h3-6,9-10,12-13,20H,7-8,11H2,1-2H3/t13-/m1/s1. The second-order valence-electron chi connectivity index (χ2n) is 6.64. The summed E-state index contributed by atoms with van der Waals surface area (Å²) in [7, 11) is 3.84. The Hall–Kier alpha value is -3.09. The Labute approximate surface area is 151 Å². The van der Waals surface area contributed by atoms with Gasteiger partial charge in [-0.2, -0.15) is 0 Å². The van der Waals surface area contributed by atoms with E-state index in [1.54, 1.807) is 6.20 Å². The summed E-state index contributed by atoms with van der Waals surface area (Å²) in [4.78, 5) is 28.1. The number of aromatic nitrogens is 3. The first-order valence-electron chi connectivity index (χ1n) is 8.63. The van der Waals surface area contributed by atoms with Gasteiger partial charge in [-0.1, -0.05) is 18.2 Å². The van der Waals surface area contributed by atoms with Crippen molar-refractivity contribution in [1.29, 1.82) is 0 Å². The minimum atomic E-state index is -0.0610. The lowest BCUT2D eigenvalue weighted by Gasteiger charge is -2.17. The van der Waals surface area contributed by atoms with Crippen LogP contribution in [-0.2, 0) is 0 Å². The van der Waals surface area contributed by atoms with E-state index in [1.165, 1.54) is 6.33 Å². The Morgan fingerprint density at radius 2 is 2.15 bits per heavy atom. The van der Waals surface area contributed by atoms with Crippen molar-refractivity contribution < 1.29 is 9.53 Å². The molecule has 1 fully saturated rings. The number of anilines is 1. The third-order valence-corrected chi connectivity index (χ3v) is 4.63. The van der Waals surface area contributed by atoms with Crippen molar-refractivity contribution in [2.24, 2.45) is 0 Å². The van der Waals surface area contributed by atoms with Crippen LogP contribution in [0.15, 0.2) is 42.9 Å². The van der Waals surface area contributed by atoms with Crippen LogP contribution in [0.2, 0.25) is 0 Å². The van der Waals surface area contributed by atoms with Crippen LogP contribution >= 0.6 is 0 Å². The molecule has 7 nitrogen and oxygen atoms in total. The lowest BCUT2D eigenvalue weighted by Crippen LogP contribution is -2.31. The predicted octanol–water partition coefficient (Wildman–Crippen LogP) is 2.32. The second-order valence-corrected chi connectivity index (χ2v) is 6.64. The van der Waals surface area contributed by atoms with Gasteiger partial charge in [-0.05, 0) is 6.07 Å². The highest BCUT2D eigenvalue weighted by molar-refractivity contribution is 6.06. The Kier molecular flexibility index (Phi) is 4.20. The summed E-state index contributed by atoms with van der Waals surface area (Å²) < 4.78 is 5.97. The molecule has 0 saturated carbocycles. The molecule has 3 heterocycles. The zero-order chi connectivity index (χ0) is 18.1. The van der Waals surface area contributed by atoms with E-state index in [9.17, 15) is 4.79 Å². The summed E-state index contributed by atoms with van der Waals surface area (Å²) in [6.45, 7) is 1.23. The molecule has 1 atom stereocenters. The zero-order valence-electron chi connectivity index (χ0n) is 14.8. The Morgan fingerprint density at radius 1 is 1.31 bits per heavy atom. The molecule has 0 bridgehead atoms. The van der Waals surface area contributed by atoms with Gasteiger partial charge in [0.15, 0.2) is 0 Å². The number of amides is 1. The first-order chi connectivity index (χ1) is 12.6. The second kappa shape index (κ2) is 6.67. The zero-order valence-corrected chi connectivity index (χ0v) is 14.8. The molecule has 0 radical (unpaired) electrons. The molecule has 26 heavy (non-hydrogen) atoms. The quantitative estimate of drug-likeness (QED) is 0.781. The van der Waals surface area contributed by atoms with E-state index >= 15 is 0 Å². The van der Waals surface area contributed by atoms with Crippen LogP contribution in [0.5, 0.6) is 5.88 Å². The highest BCUT2D eigenvalue weighted by Gasteiger charge is 2.29. The fourth-order valence-corrected chi connectivity index (χ4v) is 3.24. The number of para-hydroxylation sites is 1. The number of ether oxygens (including phenoxy) is 1. The molecule has 0 spiro atoms. The van der Waals surface area contributed by atoms with Crippen LogP contribution in [0.25, 0.3) is 10.9 Å². The summed E-state index contributed by atoms with van der Waals surface area (Å²) >= 11 is 0. The van der Waals surface area contributed by atoms with Crippen molar-refractivity contribution in [2.45, 2.75) is 12.5 Å². The molecule has 1 amide bonds. The molecule has 7 heteroatoms. The summed E-state index contributed by atoms with van der Waals surface area (Å²) in [5.41, 5.74) is 1.68. The number of rotatable bonds is 4. The van der Waals surface area contributed by atoms with E-state index in [-0.39, 0.29) is 12.0 Å². The monoisotopic (exact) mass is 351 g/mol.